The van der Waals surface area contributed by atoms with E-state index in [9.17, 15) is 9.59 Å². The second kappa shape index (κ2) is 6.43. The van der Waals surface area contributed by atoms with Crippen LogP contribution in [-0.4, -0.2) is 23.1 Å². The van der Waals surface area contributed by atoms with Crippen LogP contribution in [0.5, 0.6) is 0 Å². The fourth-order valence-corrected chi connectivity index (χ4v) is 2.24. The molecule has 0 bridgehead atoms. The molecule has 0 fully saturated rings. The number of amides is 2. The zero-order chi connectivity index (χ0) is 14.5. The van der Waals surface area contributed by atoms with Crippen molar-refractivity contribution < 1.29 is 14.7 Å². The van der Waals surface area contributed by atoms with Crippen molar-refractivity contribution in [3.8, 4) is 0 Å². The summed E-state index contributed by atoms with van der Waals surface area (Å²) in [6.07, 6.45) is 6.72. The molecule has 1 aromatic carbocycles. The predicted molar refractivity (Wildman–Crippen MR) is 77.3 cm³/mol. The van der Waals surface area contributed by atoms with E-state index >= 15 is 0 Å². The Morgan fingerprint density at radius 2 is 2.10 bits per heavy atom. The molecule has 5 nitrogen and oxygen atoms in total. The van der Waals surface area contributed by atoms with E-state index in [4.69, 9.17) is 16.7 Å². The molecule has 2 amide bonds. The predicted octanol–water partition coefficient (Wildman–Crippen LogP) is 3.27. The Hall–Kier alpha value is -2.01. The van der Waals surface area contributed by atoms with Crippen LogP contribution < -0.4 is 10.6 Å². The van der Waals surface area contributed by atoms with E-state index in [0.29, 0.717) is 5.02 Å². The van der Waals surface area contributed by atoms with Gasteiger partial charge < -0.3 is 15.7 Å². The molecule has 20 heavy (non-hydrogen) atoms. The van der Waals surface area contributed by atoms with Gasteiger partial charge in [0.25, 0.3) is 0 Å². The van der Waals surface area contributed by atoms with Crippen LogP contribution in [0.1, 0.15) is 29.6 Å². The Morgan fingerprint density at radius 3 is 2.75 bits per heavy atom. The molecule has 0 saturated heterocycles. The van der Waals surface area contributed by atoms with E-state index in [0.717, 1.165) is 19.3 Å². The number of nitrogens with one attached hydrogen (secondary N) is 2. The van der Waals surface area contributed by atoms with E-state index < -0.39 is 12.0 Å². The van der Waals surface area contributed by atoms with Crippen molar-refractivity contribution >= 4 is 29.3 Å². The van der Waals surface area contributed by atoms with Gasteiger partial charge in [0.05, 0.1) is 11.3 Å². The van der Waals surface area contributed by atoms with Crippen molar-refractivity contribution in [1.29, 1.82) is 0 Å². The lowest BCUT2D eigenvalue weighted by molar-refractivity contribution is 0.0698. The van der Waals surface area contributed by atoms with E-state index in [1.165, 1.54) is 18.2 Å². The first kappa shape index (κ1) is 14.4. The molecule has 0 heterocycles. The standard InChI is InChI=1S/C14H15ClN2O3/c15-9-6-7-12(11(8-9)13(18)19)17-14(20)16-10-4-2-1-3-5-10/h1-2,6-8,10H,3-5H2,(H,18,19)(H2,16,17,20). The Labute approximate surface area is 121 Å². The monoisotopic (exact) mass is 294 g/mol. The van der Waals surface area contributed by atoms with Crippen LogP contribution in [-0.2, 0) is 0 Å². The molecule has 0 aliphatic heterocycles. The SMILES string of the molecule is O=C(Nc1ccc(Cl)cc1C(=O)O)NC1CC=CCC1. The lowest BCUT2D eigenvalue weighted by Crippen LogP contribution is -2.38. The van der Waals surface area contributed by atoms with Crippen LogP contribution in [0.3, 0.4) is 0 Å². The molecule has 1 unspecified atom stereocenters. The van der Waals surface area contributed by atoms with Gasteiger partial charge in [0.2, 0.25) is 0 Å². The van der Waals surface area contributed by atoms with Gasteiger partial charge >= 0.3 is 12.0 Å². The highest BCUT2D eigenvalue weighted by molar-refractivity contribution is 6.31. The smallest absolute Gasteiger partial charge is 0.337 e. The summed E-state index contributed by atoms with van der Waals surface area (Å²) in [5.41, 5.74) is 0.196. The Bertz CT molecular complexity index is 557. The highest BCUT2D eigenvalue weighted by Gasteiger charge is 2.16. The minimum atomic E-state index is -1.14. The zero-order valence-electron chi connectivity index (χ0n) is 10.7. The topological polar surface area (TPSA) is 78.4 Å². The molecule has 1 aromatic rings. The Kier molecular flexibility index (Phi) is 4.63. The van der Waals surface area contributed by atoms with E-state index in [1.807, 2.05) is 6.08 Å². The fraction of sp³-hybridized carbons (Fsp3) is 0.286. The summed E-state index contributed by atoms with van der Waals surface area (Å²) in [4.78, 5) is 23.0. The summed E-state index contributed by atoms with van der Waals surface area (Å²) >= 11 is 5.75. The molecule has 1 atom stereocenters. The number of carbonyl (C=O) groups is 2. The molecular formula is C14H15ClN2O3. The van der Waals surface area contributed by atoms with Crippen molar-refractivity contribution in [2.45, 2.75) is 25.3 Å². The maximum Gasteiger partial charge on any atom is 0.337 e. The zero-order valence-corrected chi connectivity index (χ0v) is 11.5. The van der Waals surface area contributed by atoms with Gasteiger partial charge in [-0.2, -0.15) is 0 Å². The molecule has 1 aliphatic rings. The van der Waals surface area contributed by atoms with Crippen molar-refractivity contribution in [1.82, 2.24) is 5.32 Å². The molecule has 1 aliphatic carbocycles. The third-order valence-corrected chi connectivity index (χ3v) is 3.30. The largest absolute Gasteiger partial charge is 0.478 e. The number of carboxylic acid groups (broad SMARTS) is 1. The van der Waals surface area contributed by atoms with Crippen LogP contribution in [0.25, 0.3) is 0 Å². The molecule has 2 rings (SSSR count). The van der Waals surface area contributed by atoms with E-state index in [1.54, 1.807) is 0 Å². The third-order valence-electron chi connectivity index (χ3n) is 3.06. The van der Waals surface area contributed by atoms with Gasteiger partial charge in [-0.25, -0.2) is 9.59 Å². The van der Waals surface area contributed by atoms with Gasteiger partial charge in [0, 0.05) is 11.1 Å². The number of hydrogen-bond donors (Lipinski definition) is 3. The highest BCUT2D eigenvalue weighted by atomic mass is 35.5. The summed E-state index contributed by atoms with van der Waals surface area (Å²) in [6, 6.07) is 4.00. The van der Waals surface area contributed by atoms with Gasteiger partial charge in [-0.05, 0) is 37.5 Å². The van der Waals surface area contributed by atoms with Crippen LogP contribution in [0, 0.1) is 0 Å². The molecule has 106 valence electrons. The quantitative estimate of drug-likeness (QED) is 0.749. The first-order chi connectivity index (χ1) is 9.56. The summed E-state index contributed by atoms with van der Waals surface area (Å²) in [6.45, 7) is 0. The lowest BCUT2D eigenvalue weighted by atomic mass is 10.0. The molecule has 3 N–H and O–H groups in total. The first-order valence-corrected chi connectivity index (χ1v) is 6.69. The maximum absolute atomic E-state index is 11.9. The number of benzene rings is 1. The molecule has 0 spiro atoms. The molecule has 6 heteroatoms. The molecule has 0 saturated carbocycles. The minimum Gasteiger partial charge on any atom is -0.478 e. The molecular weight excluding hydrogens is 280 g/mol. The maximum atomic E-state index is 11.9. The number of carbonyl (C=O) groups excluding carboxylic acids is 1. The van der Waals surface area contributed by atoms with Crippen LogP contribution in [0.4, 0.5) is 10.5 Å². The summed E-state index contributed by atoms with van der Waals surface area (Å²) in [5.74, 6) is -1.14. The van der Waals surface area contributed by atoms with Gasteiger partial charge in [-0.15, -0.1) is 0 Å². The number of aromatic carboxylic acids is 1. The van der Waals surface area contributed by atoms with Crippen LogP contribution in [0.15, 0.2) is 30.4 Å². The van der Waals surface area contributed by atoms with Gasteiger partial charge in [0.1, 0.15) is 0 Å². The number of carboxylic acids is 1. The normalized spacial score (nSPS) is 17.6. The van der Waals surface area contributed by atoms with Crippen molar-refractivity contribution in [3.05, 3.63) is 40.9 Å². The number of anilines is 1. The Morgan fingerprint density at radius 1 is 1.30 bits per heavy atom. The second-order valence-electron chi connectivity index (χ2n) is 4.57. The van der Waals surface area contributed by atoms with Gasteiger partial charge in [0.15, 0.2) is 0 Å². The number of halogens is 1. The second-order valence-corrected chi connectivity index (χ2v) is 5.01. The van der Waals surface area contributed by atoms with Crippen molar-refractivity contribution in [2.24, 2.45) is 0 Å². The van der Waals surface area contributed by atoms with Crippen LogP contribution >= 0.6 is 11.6 Å². The van der Waals surface area contributed by atoms with Crippen LogP contribution in [0.2, 0.25) is 5.02 Å². The fourth-order valence-electron chi connectivity index (χ4n) is 2.07. The van der Waals surface area contributed by atoms with E-state index in [2.05, 4.69) is 16.7 Å². The number of urea groups is 1. The van der Waals surface area contributed by atoms with Crippen molar-refractivity contribution in [3.63, 3.8) is 0 Å². The molecule has 0 radical (unpaired) electrons. The molecule has 0 aromatic heterocycles. The van der Waals surface area contributed by atoms with Crippen molar-refractivity contribution in [2.75, 3.05) is 5.32 Å². The summed E-state index contributed by atoms with van der Waals surface area (Å²) in [5, 5.41) is 14.8. The van der Waals surface area contributed by atoms with Gasteiger partial charge in [-0.3, -0.25) is 0 Å². The lowest BCUT2D eigenvalue weighted by Gasteiger charge is -2.20. The minimum absolute atomic E-state index is 0.0313. The average Bonchev–Trinajstić information content (AvgIpc) is 2.41. The highest BCUT2D eigenvalue weighted by Crippen LogP contribution is 2.21. The summed E-state index contributed by atoms with van der Waals surface area (Å²) < 4.78 is 0. The Balaban J connectivity index is 2.03. The van der Waals surface area contributed by atoms with E-state index in [-0.39, 0.29) is 17.3 Å². The first-order valence-electron chi connectivity index (χ1n) is 6.31. The average molecular weight is 295 g/mol. The third kappa shape index (κ3) is 3.74. The number of hydrogen-bond acceptors (Lipinski definition) is 2. The van der Waals surface area contributed by atoms with Gasteiger partial charge in [-0.1, -0.05) is 23.8 Å². The number of allylic oxidation sites excluding steroid dienone is 1. The summed E-state index contributed by atoms with van der Waals surface area (Å²) in [7, 11) is 0. The number of rotatable bonds is 3.